The molecule has 0 aliphatic heterocycles. The summed E-state index contributed by atoms with van der Waals surface area (Å²) in [5.74, 6) is -1.34. The van der Waals surface area contributed by atoms with Gasteiger partial charge in [-0.2, -0.15) is 5.26 Å². The van der Waals surface area contributed by atoms with E-state index < -0.39 is 17.7 Å². The smallest absolute Gasteiger partial charge is 0.352 e. The number of carbonyl (C=O) groups is 1. The molecule has 0 aliphatic carbocycles. The van der Waals surface area contributed by atoms with Gasteiger partial charge in [-0.3, -0.25) is 4.89 Å². The summed E-state index contributed by atoms with van der Waals surface area (Å²) in [5.41, 5.74) is 8.50. The summed E-state index contributed by atoms with van der Waals surface area (Å²) in [7, 11) is 0. The van der Waals surface area contributed by atoms with Gasteiger partial charge in [0.05, 0.1) is 0 Å². The average molecular weight is 192 g/mol. The van der Waals surface area contributed by atoms with E-state index in [1.165, 1.54) is 6.08 Å². The highest BCUT2D eigenvalue weighted by Gasteiger charge is 2.00. The van der Waals surface area contributed by atoms with Gasteiger partial charge in [0.2, 0.25) is 0 Å². The van der Waals surface area contributed by atoms with Crippen molar-refractivity contribution in [1.82, 2.24) is 0 Å². The van der Waals surface area contributed by atoms with E-state index in [0.29, 0.717) is 0 Å². The lowest BCUT2D eigenvalue weighted by Gasteiger charge is -1.95. The Morgan fingerprint density at radius 2 is 1.85 bits per heavy atom. The SMILES string of the molecule is C=CCC(O)=C(O)OO.NC(N)=O. The molecule has 0 bridgehead atoms. The van der Waals surface area contributed by atoms with Crippen molar-refractivity contribution in [2.75, 3.05) is 0 Å². The zero-order chi connectivity index (χ0) is 10.9. The molecule has 76 valence electrons. The Morgan fingerprint density at radius 1 is 1.46 bits per heavy atom. The minimum atomic E-state index is -0.894. The monoisotopic (exact) mass is 192 g/mol. The molecular formula is C6H12N2O5. The molecule has 2 amide bonds. The highest BCUT2D eigenvalue weighted by Crippen LogP contribution is 2.02. The number of aliphatic hydroxyl groups is 2. The summed E-state index contributed by atoms with van der Waals surface area (Å²) in [6.07, 6.45) is 1.41. The van der Waals surface area contributed by atoms with E-state index in [1.807, 2.05) is 0 Å². The van der Waals surface area contributed by atoms with Gasteiger partial charge in [-0.25, -0.2) is 4.79 Å². The Balaban J connectivity index is 0. The van der Waals surface area contributed by atoms with E-state index >= 15 is 0 Å². The number of urea groups is 1. The van der Waals surface area contributed by atoms with E-state index in [2.05, 4.69) is 22.9 Å². The predicted molar refractivity (Wildman–Crippen MR) is 44.6 cm³/mol. The van der Waals surface area contributed by atoms with E-state index in [-0.39, 0.29) is 6.42 Å². The van der Waals surface area contributed by atoms with Crippen LogP contribution in [0.15, 0.2) is 24.4 Å². The largest absolute Gasteiger partial charge is 0.505 e. The van der Waals surface area contributed by atoms with Crippen LogP contribution < -0.4 is 11.5 Å². The van der Waals surface area contributed by atoms with Crippen molar-refractivity contribution < 1.29 is 25.2 Å². The summed E-state index contributed by atoms with van der Waals surface area (Å²) in [5, 5.41) is 24.7. The molecule has 7 N–H and O–H groups in total. The number of carbonyl (C=O) groups excluding carboxylic acids is 1. The molecule has 0 rings (SSSR count). The van der Waals surface area contributed by atoms with E-state index in [9.17, 15) is 0 Å². The summed E-state index contributed by atoms with van der Waals surface area (Å²) >= 11 is 0. The first-order chi connectivity index (χ1) is 5.95. The van der Waals surface area contributed by atoms with Gasteiger partial charge in [0.25, 0.3) is 0 Å². The molecule has 0 heterocycles. The van der Waals surface area contributed by atoms with Crippen molar-refractivity contribution in [2.45, 2.75) is 6.42 Å². The van der Waals surface area contributed by atoms with Crippen LogP contribution in [0.3, 0.4) is 0 Å². The molecular weight excluding hydrogens is 180 g/mol. The Kier molecular flexibility index (Phi) is 8.64. The van der Waals surface area contributed by atoms with E-state index in [0.717, 1.165) is 0 Å². The minimum Gasteiger partial charge on any atom is -0.505 e. The fraction of sp³-hybridized carbons (Fsp3) is 0.167. The molecule has 0 aliphatic rings. The van der Waals surface area contributed by atoms with Crippen molar-refractivity contribution in [3.05, 3.63) is 24.4 Å². The third kappa shape index (κ3) is 13.2. The summed E-state index contributed by atoms with van der Waals surface area (Å²) in [6.45, 7) is 3.27. The first-order valence-electron chi connectivity index (χ1n) is 3.04. The quantitative estimate of drug-likeness (QED) is 0.190. The van der Waals surface area contributed by atoms with Crippen LogP contribution in [-0.4, -0.2) is 21.5 Å². The number of hydrogen-bond acceptors (Lipinski definition) is 5. The van der Waals surface area contributed by atoms with Crippen molar-refractivity contribution >= 4 is 6.03 Å². The van der Waals surface area contributed by atoms with Gasteiger partial charge in [-0.1, -0.05) is 6.08 Å². The van der Waals surface area contributed by atoms with Crippen molar-refractivity contribution in [3.8, 4) is 0 Å². The lowest BCUT2D eigenvalue weighted by atomic mass is 10.4. The molecule has 0 aromatic carbocycles. The Bertz CT molecular complexity index is 197. The second-order valence-electron chi connectivity index (χ2n) is 1.74. The number of amides is 2. The standard InChI is InChI=1S/C5H8O4.CH4N2O/c1-2-3-4(6)5(7)9-8;2-1(3)4/h2,6-8H,1,3H2;(H4,2,3,4). The third-order valence-corrected chi connectivity index (χ3v) is 0.671. The van der Waals surface area contributed by atoms with Crippen LogP contribution in [-0.2, 0) is 4.89 Å². The van der Waals surface area contributed by atoms with Crippen LogP contribution in [0.4, 0.5) is 4.79 Å². The maximum atomic E-state index is 9.00. The normalized spacial score (nSPS) is 10.2. The van der Waals surface area contributed by atoms with E-state index in [1.54, 1.807) is 0 Å². The third-order valence-electron chi connectivity index (χ3n) is 0.671. The van der Waals surface area contributed by atoms with Crippen molar-refractivity contribution in [3.63, 3.8) is 0 Å². The highest BCUT2D eigenvalue weighted by molar-refractivity contribution is 5.69. The van der Waals surface area contributed by atoms with Crippen LogP contribution in [0.2, 0.25) is 0 Å². The number of rotatable bonds is 3. The fourth-order valence-corrected chi connectivity index (χ4v) is 0.277. The second kappa shape index (κ2) is 8.21. The maximum Gasteiger partial charge on any atom is 0.352 e. The molecule has 7 nitrogen and oxygen atoms in total. The second-order valence-corrected chi connectivity index (χ2v) is 1.74. The van der Waals surface area contributed by atoms with Crippen molar-refractivity contribution in [1.29, 1.82) is 0 Å². The molecule has 0 radical (unpaired) electrons. The first kappa shape index (κ1) is 13.7. The molecule has 7 heteroatoms. The first-order valence-corrected chi connectivity index (χ1v) is 3.04. The predicted octanol–water partition coefficient (Wildman–Crippen LogP) is 0.361. The number of aliphatic hydroxyl groups excluding tert-OH is 2. The molecule has 0 saturated heterocycles. The summed E-state index contributed by atoms with van der Waals surface area (Å²) < 4.78 is 0. The molecule has 0 unspecified atom stereocenters. The number of nitrogens with two attached hydrogens (primary N) is 2. The van der Waals surface area contributed by atoms with Gasteiger partial charge in [-0.05, 0) is 0 Å². The van der Waals surface area contributed by atoms with Crippen LogP contribution >= 0.6 is 0 Å². The van der Waals surface area contributed by atoms with Crippen LogP contribution in [0.25, 0.3) is 0 Å². The lowest BCUT2D eigenvalue weighted by molar-refractivity contribution is -0.239. The fourth-order valence-electron chi connectivity index (χ4n) is 0.277. The van der Waals surface area contributed by atoms with Gasteiger partial charge >= 0.3 is 12.0 Å². The molecule has 0 atom stereocenters. The van der Waals surface area contributed by atoms with Gasteiger partial charge in [-0.15, -0.1) is 6.58 Å². The zero-order valence-electron chi connectivity index (χ0n) is 6.80. The van der Waals surface area contributed by atoms with Crippen LogP contribution in [0.1, 0.15) is 6.42 Å². The number of primary amides is 2. The molecule has 0 spiro atoms. The Labute approximate surface area is 74.5 Å². The molecule has 0 aromatic rings. The summed E-state index contributed by atoms with van der Waals surface area (Å²) in [6, 6.07) is -0.833. The Morgan fingerprint density at radius 3 is 2.08 bits per heavy atom. The molecule has 13 heavy (non-hydrogen) atoms. The van der Waals surface area contributed by atoms with Crippen molar-refractivity contribution in [2.24, 2.45) is 11.5 Å². The maximum absolute atomic E-state index is 9.00. The van der Waals surface area contributed by atoms with Gasteiger partial charge in [0.15, 0.2) is 5.76 Å². The zero-order valence-corrected chi connectivity index (χ0v) is 6.80. The summed E-state index contributed by atoms with van der Waals surface area (Å²) in [4.78, 5) is 12.3. The van der Waals surface area contributed by atoms with Crippen LogP contribution in [0.5, 0.6) is 0 Å². The van der Waals surface area contributed by atoms with Gasteiger partial charge < -0.3 is 21.7 Å². The van der Waals surface area contributed by atoms with Gasteiger partial charge in [0.1, 0.15) is 0 Å². The number of hydrogen-bond donors (Lipinski definition) is 5. The molecule has 0 aromatic heterocycles. The lowest BCUT2D eigenvalue weighted by Crippen LogP contribution is -2.18. The number of allylic oxidation sites excluding steroid dienone is 1. The highest BCUT2D eigenvalue weighted by atomic mass is 17.1. The van der Waals surface area contributed by atoms with Gasteiger partial charge in [0, 0.05) is 6.42 Å². The van der Waals surface area contributed by atoms with Crippen LogP contribution in [0, 0.1) is 0 Å². The molecule has 0 saturated carbocycles. The minimum absolute atomic E-state index is 0.0619. The average Bonchev–Trinajstić information content (AvgIpc) is 2.02. The molecule has 0 fully saturated rings. The van der Waals surface area contributed by atoms with E-state index in [4.69, 9.17) is 20.3 Å². The Hall–Kier alpha value is -1.89. The topological polar surface area (TPSA) is 139 Å².